The number of nitrogens with zero attached hydrogens (tertiary/aromatic N) is 2. The van der Waals surface area contributed by atoms with Crippen molar-refractivity contribution in [3.8, 4) is 0 Å². The number of H-pyrrole nitrogens is 1. The molecule has 1 aromatic heterocycles. The molecule has 0 bridgehead atoms. The lowest BCUT2D eigenvalue weighted by Gasteiger charge is -2.33. The molecule has 2 aliphatic rings. The van der Waals surface area contributed by atoms with Crippen molar-refractivity contribution in [2.75, 3.05) is 26.2 Å². The van der Waals surface area contributed by atoms with Gasteiger partial charge in [0.1, 0.15) is 5.56 Å². The van der Waals surface area contributed by atoms with Crippen LogP contribution in [0.25, 0.3) is 0 Å². The van der Waals surface area contributed by atoms with E-state index in [1.165, 1.54) is 0 Å². The molecule has 0 atom stereocenters. The van der Waals surface area contributed by atoms with Crippen molar-refractivity contribution in [1.82, 2.24) is 14.8 Å². The number of aromatic amines is 1. The molecule has 6 heteroatoms. The van der Waals surface area contributed by atoms with Crippen molar-refractivity contribution in [1.29, 1.82) is 0 Å². The van der Waals surface area contributed by atoms with Crippen LogP contribution in [0.3, 0.4) is 0 Å². The summed E-state index contributed by atoms with van der Waals surface area (Å²) < 4.78 is 0. The van der Waals surface area contributed by atoms with Crippen molar-refractivity contribution >= 4 is 11.8 Å². The van der Waals surface area contributed by atoms with Gasteiger partial charge >= 0.3 is 0 Å². The third-order valence-corrected chi connectivity index (χ3v) is 6.12. The minimum Gasteiger partial charge on any atom is -0.343 e. The van der Waals surface area contributed by atoms with E-state index in [2.05, 4.69) is 4.98 Å². The lowest BCUT2D eigenvalue weighted by Crippen LogP contribution is -2.42. The maximum Gasteiger partial charge on any atom is 0.261 e. The molecule has 0 spiro atoms. The molecule has 1 N–H and O–H groups in total. The molecule has 3 heterocycles. The zero-order chi connectivity index (χ0) is 18.8. The largest absolute Gasteiger partial charge is 0.343 e. The van der Waals surface area contributed by atoms with Crippen molar-refractivity contribution in [3.63, 3.8) is 0 Å². The average molecular weight is 359 g/mol. The highest BCUT2D eigenvalue weighted by molar-refractivity contribution is 5.95. The third kappa shape index (κ3) is 3.69. The second-order valence-electron chi connectivity index (χ2n) is 7.71. The Morgan fingerprint density at radius 2 is 1.77 bits per heavy atom. The average Bonchev–Trinajstić information content (AvgIpc) is 3.03. The van der Waals surface area contributed by atoms with Gasteiger partial charge in [0.25, 0.3) is 11.5 Å². The van der Waals surface area contributed by atoms with Gasteiger partial charge in [-0.05, 0) is 63.5 Å². The molecule has 2 amide bonds. The van der Waals surface area contributed by atoms with E-state index in [0.717, 1.165) is 55.6 Å². The van der Waals surface area contributed by atoms with Gasteiger partial charge < -0.3 is 14.8 Å². The van der Waals surface area contributed by atoms with Crippen LogP contribution in [-0.2, 0) is 4.79 Å². The highest BCUT2D eigenvalue weighted by Gasteiger charge is 2.28. The first kappa shape index (κ1) is 18.7. The number of aryl methyl sites for hydroxylation is 1. The molecule has 0 radical (unpaired) electrons. The minimum atomic E-state index is -0.287. The van der Waals surface area contributed by atoms with Gasteiger partial charge in [0, 0.05) is 38.3 Å². The van der Waals surface area contributed by atoms with Gasteiger partial charge in [-0.15, -0.1) is 0 Å². The summed E-state index contributed by atoms with van der Waals surface area (Å²) in [5, 5.41) is 0. The molecular weight excluding hydrogens is 330 g/mol. The first-order valence-electron chi connectivity index (χ1n) is 9.65. The summed E-state index contributed by atoms with van der Waals surface area (Å²) in [5.41, 5.74) is 2.57. The summed E-state index contributed by atoms with van der Waals surface area (Å²) >= 11 is 0. The Morgan fingerprint density at radius 1 is 1.08 bits per heavy atom. The van der Waals surface area contributed by atoms with Gasteiger partial charge in [0.05, 0.1) is 0 Å². The fourth-order valence-electron chi connectivity index (χ4n) is 4.08. The Kier molecular flexibility index (Phi) is 5.49. The normalized spacial score (nSPS) is 18.7. The number of carbonyl (C=O) groups excluding carboxylic acids is 2. The lowest BCUT2D eigenvalue weighted by atomic mass is 9.92. The fraction of sp³-hybridized carbons (Fsp3) is 0.650. The summed E-state index contributed by atoms with van der Waals surface area (Å²) in [6.07, 6.45) is 4.56. The molecule has 0 aliphatic carbocycles. The van der Waals surface area contributed by atoms with E-state index in [4.69, 9.17) is 0 Å². The Balaban J connectivity index is 1.58. The lowest BCUT2D eigenvalue weighted by molar-refractivity contribution is -0.127. The van der Waals surface area contributed by atoms with Crippen molar-refractivity contribution < 1.29 is 9.59 Å². The fourth-order valence-corrected chi connectivity index (χ4v) is 4.08. The maximum atomic E-state index is 12.9. The Labute approximate surface area is 154 Å². The molecule has 3 rings (SSSR count). The van der Waals surface area contributed by atoms with Crippen LogP contribution in [0.4, 0.5) is 0 Å². The van der Waals surface area contributed by atoms with Gasteiger partial charge in [-0.3, -0.25) is 14.4 Å². The van der Waals surface area contributed by atoms with E-state index < -0.39 is 0 Å². The summed E-state index contributed by atoms with van der Waals surface area (Å²) in [4.78, 5) is 43.4. The predicted molar refractivity (Wildman–Crippen MR) is 100 cm³/mol. The standard InChI is InChI=1S/C20H29N3O3/c1-13-14(2)18(19(25)21-15(13)3)20(26)23-11-7-16(8-12-23)6-10-22-9-4-5-17(22)24/h16H,4-12H2,1-3H3,(H,21,25). The highest BCUT2D eigenvalue weighted by Crippen LogP contribution is 2.24. The van der Waals surface area contributed by atoms with Crippen LogP contribution in [0.5, 0.6) is 0 Å². The molecule has 0 saturated carbocycles. The number of hydrogen-bond donors (Lipinski definition) is 1. The monoisotopic (exact) mass is 359 g/mol. The summed E-state index contributed by atoms with van der Waals surface area (Å²) in [6, 6.07) is 0. The van der Waals surface area contributed by atoms with Crippen LogP contribution in [0.1, 0.15) is 59.3 Å². The number of piperidine rings is 1. The molecule has 6 nitrogen and oxygen atoms in total. The van der Waals surface area contributed by atoms with Crippen LogP contribution < -0.4 is 5.56 Å². The van der Waals surface area contributed by atoms with Crippen LogP contribution in [0.15, 0.2) is 4.79 Å². The second kappa shape index (κ2) is 7.64. The molecule has 0 unspecified atom stereocenters. The molecule has 2 saturated heterocycles. The number of hydrogen-bond acceptors (Lipinski definition) is 3. The minimum absolute atomic E-state index is 0.153. The topological polar surface area (TPSA) is 73.5 Å². The van der Waals surface area contributed by atoms with E-state index in [0.29, 0.717) is 25.4 Å². The number of pyridine rings is 1. The molecule has 2 fully saturated rings. The number of rotatable bonds is 4. The van der Waals surface area contributed by atoms with Crippen molar-refractivity contribution in [2.24, 2.45) is 5.92 Å². The quantitative estimate of drug-likeness (QED) is 0.895. The number of likely N-dealkylation sites (tertiary alicyclic amines) is 2. The smallest absolute Gasteiger partial charge is 0.261 e. The van der Waals surface area contributed by atoms with Gasteiger partial charge in [-0.2, -0.15) is 0 Å². The molecule has 26 heavy (non-hydrogen) atoms. The molecular formula is C20H29N3O3. The van der Waals surface area contributed by atoms with Crippen molar-refractivity contribution in [3.05, 3.63) is 32.7 Å². The van der Waals surface area contributed by atoms with Crippen molar-refractivity contribution in [2.45, 2.75) is 52.9 Å². The van der Waals surface area contributed by atoms with Gasteiger partial charge in [0.15, 0.2) is 0 Å². The van der Waals surface area contributed by atoms with Crippen LogP contribution >= 0.6 is 0 Å². The van der Waals surface area contributed by atoms with Crippen LogP contribution in [-0.4, -0.2) is 52.8 Å². The van der Waals surface area contributed by atoms with E-state index in [9.17, 15) is 14.4 Å². The maximum absolute atomic E-state index is 12.9. The second-order valence-corrected chi connectivity index (χ2v) is 7.71. The van der Waals surface area contributed by atoms with Crippen LogP contribution in [0.2, 0.25) is 0 Å². The number of aromatic nitrogens is 1. The van der Waals surface area contributed by atoms with Gasteiger partial charge in [-0.25, -0.2) is 0 Å². The first-order chi connectivity index (χ1) is 12.4. The van der Waals surface area contributed by atoms with Gasteiger partial charge in [0.2, 0.25) is 5.91 Å². The summed E-state index contributed by atoms with van der Waals surface area (Å²) in [6.45, 7) is 8.74. The molecule has 1 aromatic rings. The predicted octanol–water partition coefficient (Wildman–Crippen LogP) is 2.16. The SMILES string of the molecule is Cc1[nH]c(=O)c(C(=O)N2CCC(CCN3CCCC3=O)CC2)c(C)c1C. The zero-order valence-corrected chi connectivity index (χ0v) is 16.1. The summed E-state index contributed by atoms with van der Waals surface area (Å²) in [5.74, 6) is 0.675. The van der Waals surface area contributed by atoms with Crippen LogP contribution in [0, 0.1) is 26.7 Å². The van der Waals surface area contributed by atoms with E-state index in [1.54, 1.807) is 0 Å². The van der Waals surface area contributed by atoms with E-state index >= 15 is 0 Å². The Bertz CT molecular complexity index is 760. The number of nitrogens with one attached hydrogen (secondary N) is 1. The number of carbonyl (C=O) groups is 2. The van der Waals surface area contributed by atoms with E-state index in [-0.39, 0.29) is 22.9 Å². The highest BCUT2D eigenvalue weighted by atomic mass is 16.2. The molecule has 2 aliphatic heterocycles. The number of amides is 2. The third-order valence-electron chi connectivity index (χ3n) is 6.12. The Hall–Kier alpha value is -2.11. The molecule has 0 aromatic carbocycles. The molecule has 142 valence electrons. The first-order valence-corrected chi connectivity index (χ1v) is 9.65. The summed E-state index contributed by atoms with van der Waals surface area (Å²) in [7, 11) is 0. The van der Waals surface area contributed by atoms with E-state index in [1.807, 2.05) is 30.6 Å². The Morgan fingerprint density at radius 3 is 2.38 bits per heavy atom. The zero-order valence-electron chi connectivity index (χ0n) is 16.1. The van der Waals surface area contributed by atoms with Gasteiger partial charge in [-0.1, -0.05) is 0 Å².